The number of nitrogens with two attached hydrogens (primary N) is 2. The molecule has 5 nitrogen and oxygen atoms in total. The second-order valence-electron chi connectivity index (χ2n) is 4.56. The zero-order valence-electron chi connectivity index (χ0n) is 12.0. The molecule has 0 bridgehead atoms. The second kappa shape index (κ2) is 7.53. The predicted molar refractivity (Wildman–Crippen MR) is 87.6 cm³/mol. The first-order chi connectivity index (χ1) is 8.97. The van der Waals surface area contributed by atoms with E-state index in [1.807, 2.05) is 19.0 Å². The molecule has 0 aliphatic rings. The third-order valence-electron chi connectivity index (χ3n) is 2.93. The Morgan fingerprint density at radius 2 is 1.80 bits per heavy atom. The predicted octanol–water partition coefficient (Wildman–Crippen LogP) is 1.58. The number of nitrogens with one attached hydrogen (secondary N) is 1. The molecule has 1 heterocycles. The fourth-order valence-electron chi connectivity index (χ4n) is 1.84. The number of benzene rings is 1. The van der Waals surface area contributed by atoms with E-state index in [0.717, 1.165) is 16.8 Å². The molecule has 0 saturated heterocycles. The molecule has 20 heavy (non-hydrogen) atoms. The molecule has 1 aromatic carbocycles. The summed E-state index contributed by atoms with van der Waals surface area (Å²) < 4.78 is 0.307. The minimum atomic E-state index is 0. The maximum Gasteiger partial charge on any atom is 0.200 e. The Morgan fingerprint density at radius 1 is 1.20 bits per heavy atom. The summed E-state index contributed by atoms with van der Waals surface area (Å²) in [5.74, 6) is 0.868. The Balaban J connectivity index is 0.00000200. The number of rotatable bonds is 3. The average Bonchev–Trinajstić information content (AvgIpc) is 2.34. The van der Waals surface area contributed by atoms with Crippen molar-refractivity contribution in [2.75, 3.05) is 30.5 Å². The summed E-state index contributed by atoms with van der Waals surface area (Å²) in [5, 5.41) is 0. The third-order valence-corrected chi connectivity index (χ3v) is 3.12. The van der Waals surface area contributed by atoms with Gasteiger partial charge in [0.2, 0.25) is 0 Å². The summed E-state index contributed by atoms with van der Waals surface area (Å²) in [4.78, 5) is 8.90. The van der Waals surface area contributed by atoms with Crippen molar-refractivity contribution in [3.05, 3.63) is 40.2 Å². The third kappa shape index (κ3) is 4.27. The van der Waals surface area contributed by atoms with Gasteiger partial charge in [0.05, 0.1) is 0 Å². The normalized spacial score (nSPS) is 9.90. The van der Waals surface area contributed by atoms with Crippen LogP contribution in [0, 0.1) is 4.77 Å². The maximum absolute atomic E-state index is 5.90. The fraction of sp³-hybridized carbons (Fsp3) is 0.231. The summed E-state index contributed by atoms with van der Waals surface area (Å²) in [5.41, 5.74) is 14.8. The van der Waals surface area contributed by atoms with Crippen molar-refractivity contribution < 1.29 is 0 Å². The zero-order chi connectivity index (χ0) is 14.0. The van der Waals surface area contributed by atoms with Crippen LogP contribution < -0.4 is 16.4 Å². The molecule has 0 aliphatic heterocycles. The summed E-state index contributed by atoms with van der Waals surface area (Å²) in [7, 11) is 4.01. The van der Waals surface area contributed by atoms with Crippen LogP contribution in [0.2, 0.25) is 0 Å². The Bertz CT molecular complexity index is 610. The molecule has 0 amide bonds. The average molecular weight is 314 g/mol. The Morgan fingerprint density at radius 3 is 2.30 bits per heavy atom. The smallest absolute Gasteiger partial charge is 0.200 e. The van der Waals surface area contributed by atoms with Crippen molar-refractivity contribution in [2.24, 2.45) is 0 Å². The van der Waals surface area contributed by atoms with Gasteiger partial charge in [0.25, 0.3) is 0 Å². The SMILES string of the molecule is CN(C)c1ccc(Cc2c(N)nc(=S)[nH]c2N)cc1.[K]. The van der Waals surface area contributed by atoms with Gasteiger partial charge < -0.3 is 21.4 Å². The van der Waals surface area contributed by atoms with Crippen LogP contribution in [-0.2, 0) is 6.42 Å². The molecule has 7 heteroatoms. The molecule has 101 valence electrons. The molecular formula is C13H17KN5S. The van der Waals surface area contributed by atoms with Crippen LogP contribution in [0.15, 0.2) is 24.3 Å². The molecular weight excluding hydrogens is 297 g/mol. The molecule has 0 aliphatic carbocycles. The summed E-state index contributed by atoms with van der Waals surface area (Å²) >= 11 is 4.92. The van der Waals surface area contributed by atoms with Crippen LogP contribution >= 0.6 is 12.2 Å². The molecule has 0 saturated carbocycles. The quantitative estimate of drug-likeness (QED) is 0.592. The van der Waals surface area contributed by atoms with E-state index in [-0.39, 0.29) is 51.4 Å². The van der Waals surface area contributed by atoms with Crippen LogP contribution in [-0.4, -0.2) is 75.4 Å². The number of hydrogen-bond acceptors (Lipinski definition) is 5. The van der Waals surface area contributed by atoms with Crippen LogP contribution in [0.3, 0.4) is 0 Å². The van der Waals surface area contributed by atoms with Gasteiger partial charge in [-0.25, -0.2) is 4.98 Å². The van der Waals surface area contributed by atoms with Crippen LogP contribution in [0.1, 0.15) is 11.1 Å². The van der Waals surface area contributed by atoms with Crippen molar-refractivity contribution in [3.63, 3.8) is 0 Å². The van der Waals surface area contributed by atoms with Crippen molar-refractivity contribution >= 4 is 80.9 Å². The first kappa shape index (κ1) is 17.6. The van der Waals surface area contributed by atoms with Crippen LogP contribution in [0.5, 0.6) is 0 Å². The molecule has 0 fully saturated rings. The van der Waals surface area contributed by atoms with E-state index in [2.05, 4.69) is 34.2 Å². The largest absolute Gasteiger partial charge is 0.385 e. The van der Waals surface area contributed by atoms with Gasteiger partial charge in [0, 0.05) is 83.2 Å². The van der Waals surface area contributed by atoms with E-state index in [4.69, 9.17) is 23.7 Å². The van der Waals surface area contributed by atoms with Crippen molar-refractivity contribution in [1.29, 1.82) is 0 Å². The van der Waals surface area contributed by atoms with Gasteiger partial charge in [0.1, 0.15) is 11.6 Å². The van der Waals surface area contributed by atoms with Gasteiger partial charge in [-0.2, -0.15) is 0 Å². The number of H-pyrrole nitrogens is 1. The number of aromatic amines is 1. The van der Waals surface area contributed by atoms with Gasteiger partial charge in [-0.15, -0.1) is 0 Å². The van der Waals surface area contributed by atoms with E-state index in [0.29, 0.717) is 22.8 Å². The van der Waals surface area contributed by atoms with Crippen molar-refractivity contribution in [1.82, 2.24) is 9.97 Å². The molecule has 0 spiro atoms. The minimum absolute atomic E-state index is 0. The second-order valence-corrected chi connectivity index (χ2v) is 4.94. The van der Waals surface area contributed by atoms with Gasteiger partial charge in [-0.3, -0.25) is 0 Å². The van der Waals surface area contributed by atoms with Crippen LogP contribution in [0.4, 0.5) is 17.3 Å². The first-order valence-electron chi connectivity index (χ1n) is 5.88. The van der Waals surface area contributed by atoms with Crippen molar-refractivity contribution in [3.8, 4) is 0 Å². The zero-order valence-corrected chi connectivity index (χ0v) is 15.9. The van der Waals surface area contributed by atoms with E-state index in [1.165, 1.54) is 0 Å². The number of anilines is 3. The van der Waals surface area contributed by atoms with Gasteiger partial charge >= 0.3 is 0 Å². The monoisotopic (exact) mass is 314 g/mol. The van der Waals surface area contributed by atoms with Gasteiger partial charge in [0.15, 0.2) is 4.77 Å². The van der Waals surface area contributed by atoms with Crippen LogP contribution in [0.25, 0.3) is 0 Å². The number of nitrogens with zero attached hydrogens (tertiary/aromatic N) is 2. The fourth-order valence-corrected chi connectivity index (χ4v) is 2.04. The first-order valence-corrected chi connectivity index (χ1v) is 6.28. The molecule has 0 unspecified atom stereocenters. The number of hydrogen-bond donors (Lipinski definition) is 3. The molecule has 2 rings (SSSR count). The number of aromatic nitrogens is 2. The topological polar surface area (TPSA) is 84.0 Å². The molecule has 1 aromatic heterocycles. The van der Waals surface area contributed by atoms with Gasteiger partial charge in [-0.1, -0.05) is 12.1 Å². The standard InChI is InChI=1S/C13H17N5S.K/c1-18(2)9-5-3-8(4-6-9)7-10-11(14)16-13(19)17-12(10)15;/h3-6H,7H2,1-2H3,(H5,14,15,16,17,19);. The van der Waals surface area contributed by atoms with Gasteiger partial charge in [-0.05, 0) is 29.9 Å². The summed E-state index contributed by atoms with van der Waals surface area (Å²) in [6.07, 6.45) is 0.629. The Kier molecular flexibility index (Phi) is 6.63. The molecule has 0 atom stereocenters. The summed E-state index contributed by atoms with van der Waals surface area (Å²) in [6, 6.07) is 8.21. The maximum atomic E-state index is 5.90. The molecule has 2 aromatic rings. The minimum Gasteiger partial charge on any atom is -0.385 e. The van der Waals surface area contributed by atoms with Crippen molar-refractivity contribution in [2.45, 2.75) is 6.42 Å². The Hall–Kier alpha value is -0.444. The molecule has 1 radical (unpaired) electrons. The molecule has 5 N–H and O–H groups in total. The van der Waals surface area contributed by atoms with E-state index in [1.54, 1.807) is 0 Å². The van der Waals surface area contributed by atoms with E-state index < -0.39 is 0 Å². The van der Waals surface area contributed by atoms with E-state index >= 15 is 0 Å². The van der Waals surface area contributed by atoms with E-state index in [9.17, 15) is 0 Å². The summed E-state index contributed by atoms with van der Waals surface area (Å²) in [6.45, 7) is 0. The Labute approximate surface area is 166 Å². The number of nitrogen functional groups attached to an aromatic ring is 2.